The van der Waals surface area contributed by atoms with Gasteiger partial charge in [0.05, 0.1) is 22.6 Å². The van der Waals surface area contributed by atoms with E-state index < -0.39 is 21.5 Å². The standard InChI is InChI=1S/C13H19NO5S/c1-4-9-5-6-10(7-11(9)12(16)17)20(18,19)14-13(2,3)8-15/h5-7,14-15H,4,8H2,1-3H3,(H,16,17). The van der Waals surface area contributed by atoms with Gasteiger partial charge in [0.25, 0.3) is 0 Å². The van der Waals surface area contributed by atoms with Crippen molar-refractivity contribution in [1.82, 2.24) is 4.72 Å². The van der Waals surface area contributed by atoms with Crippen LogP contribution in [-0.2, 0) is 16.4 Å². The minimum atomic E-state index is -3.88. The maximum Gasteiger partial charge on any atom is 0.336 e. The average molecular weight is 301 g/mol. The number of nitrogens with one attached hydrogen (secondary N) is 1. The second kappa shape index (κ2) is 5.90. The molecule has 0 aliphatic rings. The number of aromatic carboxylic acids is 1. The third kappa shape index (κ3) is 3.78. The van der Waals surface area contributed by atoms with Crippen LogP contribution in [-0.4, -0.2) is 36.7 Å². The Kier molecular flexibility index (Phi) is 4.90. The molecule has 0 saturated heterocycles. The van der Waals surface area contributed by atoms with Gasteiger partial charge in [-0.2, -0.15) is 0 Å². The van der Waals surface area contributed by atoms with Crippen LogP contribution in [0.1, 0.15) is 36.7 Å². The van der Waals surface area contributed by atoms with Crippen LogP contribution in [0.15, 0.2) is 23.1 Å². The highest BCUT2D eigenvalue weighted by molar-refractivity contribution is 7.89. The molecule has 1 aromatic carbocycles. The summed E-state index contributed by atoms with van der Waals surface area (Å²) in [6.07, 6.45) is 0.498. The van der Waals surface area contributed by atoms with Crippen molar-refractivity contribution < 1.29 is 23.4 Å². The van der Waals surface area contributed by atoms with Crippen molar-refractivity contribution in [2.75, 3.05) is 6.61 Å². The summed E-state index contributed by atoms with van der Waals surface area (Å²) in [6.45, 7) is 4.49. The smallest absolute Gasteiger partial charge is 0.336 e. The zero-order chi connectivity index (χ0) is 15.6. The lowest BCUT2D eigenvalue weighted by molar-refractivity contribution is 0.0695. The van der Waals surface area contributed by atoms with Crippen molar-refractivity contribution in [3.05, 3.63) is 29.3 Å². The lowest BCUT2D eigenvalue weighted by Gasteiger charge is -2.23. The second-order valence-electron chi connectivity index (χ2n) is 5.13. The summed E-state index contributed by atoms with van der Waals surface area (Å²) in [5.74, 6) is -1.17. The van der Waals surface area contributed by atoms with Crippen molar-refractivity contribution in [2.24, 2.45) is 0 Å². The van der Waals surface area contributed by atoms with Crippen LogP contribution in [0.3, 0.4) is 0 Å². The monoisotopic (exact) mass is 301 g/mol. The Balaban J connectivity index is 3.27. The van der Waals surface area contributed by atoms with Crippen LogP contribution in [0.5, 0.6) is 0 Å². The Morgan fingerprint density at radius 3 is 2.40 bits per heavy atom. The van der Waals surface area contributed by atoms with Gasteiger partial charge in [0.15, 0.2) is 0 Å². The summed E-state index contributed by atoms with van der Waals surface area (Å²) in [5.41, 5.74) is -0.485. The number of carboxylic acid groups (broad SMARTS) is 1. The zero-order valence-corrected chi connectivity index (χ0v) is 12.5. The highest BCUT2D eigenvalue weighted by atomic mass is 32.2. The highest BCUT2D eigenvalue weighted by Gasteiger charge is 2.26. The predicted octanol–water partition coefficient (Wildman–Crippen LogP) is 0.996. The van der Waals surface area contributed by atoms with Gasteiger partial charge < -0.3 is 10.2 Å². The summed E-state index contributed by atoms with van der Waals surface area (Å²) < 4.78 is 26.7. The maximum atomic E-state index is 12.2. The van der Waals surface area contributed by atoms with E-state index in [1.807, 2.05) is 0 Å². The molecule has 1 aromatic rings. The van der Waals surface area contributed by atoms with Crippen LogP contribution >= 0.6 is 0 Å². The summed E-state index contributed by atoms with van der Waals surface area (Å²) in [7, 11) is -3.88. The molecule has 0 heterocycles. The lowest BCUT2D eigenvalue weighted by Crippen LogP contribution is -2.46. The molecule has 0 fully saturated rings. The summed E-state index contributed by atoms with van der Waals surface area (Å²) in [5, 5.41) is 18.2. The quantitative estimate of drug-likeness (QED) is 0.727. The number of carboxylic acids is 1. The molecule has 0 aliphatic heterocycles. The van der Waals surface area contributed by atoms with Crippen LogP contribution in [0.2, 0.25) is 0 Å². The van der Waals surface area contributed by atoms with Crippen molar-refractivity contribution >= 4 is 16.0 Å². The average Bonchev–Trinajstić information content (AvgIpc) is 2.36. The van der Waals surface area contributed by atoms with E-state index in [4.69, 9.17) is 10.2 Å². The first kappa shape index (κ1) is 16.6. The van der Waals surface area contributed by atoms with Crippen molar-refractivity contribution in [2.45, 2.75) is 37.6 Å². The van der Waals surface area contributed by atoms with Crippen LogP contribution in [0.25, 0.3) is 0 Å². The van der Waals surface area contributed by atoms with Gasteiger partial charge in [-0.3, -0.25) is 0 Å². The zero-order valence-electron chi connectivity index (χ0n) is 11.7. The van der Waals surface area contributed by atoms with Crippen LogP contribution < -0.4 is 4.72 Å². The molecule has 0 unspecified atom stereocenters. The fraction of sp³-hybridized carbons (Fsp3) is 0.462. The normalized spacial score (nSPS) is 12.4. The minimum absolute atomic E-state index is 0.0304. The van der Waals surface area contributed by atoms with Crippen LogP contribution in [0.4, 0.5) is 0 Å². The Morgan fingerprint density at radius 2 is 1.95 bits per heavy atom. The van der Waals surface area contributed by atoms with E-state index >= 15 is 0 Å². The number of carbonyl (C=O) groups is 1. The molecular formula is C13H19NO5S. The Hall–Kier alpha value is -1.44. The van der Waals surface area contributed by atoms with Gasteiger partial charge in [-0.05, 0) is 38.0 Å². The number of sulfonamides is 1. The van der Waals surface area contributed by atoms with Gasteiger partial charge in [0.1, 0.15) is 0 Å². The molecular weight excluding hydrogens is 282 g/mol. The first-order chi connectivity index (χ1) is 9.13. The SMILES string of the molecule is CCc1ccc(S(=O)(=O)NC(C)(C)CO)cc1C(=O)O. The third-order valence-corrected chi connectivity index (χ3v) is 4.50. The molecule has 0 radical (unpaired) electrons. The topological polar surface area (TPSA) is 104 Å². The van der Waals surface area contributed by atoms with Gasteiger partial charge in [-0.25, -0.2) is 17.9 Å². The van der Waals surface area contributed by atoms with Crippen molar-refractivity contribution in [3.8, 4) is 0 Å². The molecule has 0 atom stereocenters. The lowest BCUT2D eigenvalue weighted by atomic mass is 10.1. The van der Waals surface area contributed by atoms with E-state index in [9.17, 15) is 13.2 Å². The van der Waals surface area contributed by atoms with Gasteiger partial charge in [0.2, 0.25) is 10.0 Å². The number of aryl methyl sites for hydroxylation is 1. The molecule has 6 nitrogen and oxygen atoms in total. The first-order valence-corrected chi connectivity index (χ1v) is 7.62. The minimum Gasteiger partial charge on any atom is -0.478 e. The van der Waals surface area contributed by atoms with Gasteiger partial charge in [-0.15, -0.1) is 0 Å². The molecule has 0 amide bonds. The number of rotatable bonds is 6. The molecule has 0 aliphatic carbocycles. The van der Waals surface area contributed by atoms with Crippen LogP contribution in [0, 0.1) is 0 Å². The number of benzene rings is 1. The highest BCUT2D eigenvalue weighted by Crippen LogP contribution is 2.18. The molecule has 1 rings (SSSR count). The third-order valence-electron chi connectivity index (χ3n) is 2.81. The van der Waals surface area contributed by atoms with E-state index in [2.05, 4.69) is 4.72 Å². The number of hydrogen-bond donors (Lipinski definition) is 3. The number of hydrogen-bond acceptors (Lipinski definition) is 4. The fourth-order valence-corrected chi connectivity index (χ4v) is 3.12. The van der Waals surface area contributed by atoms with E-state index in [1.54, 1.807) is 6.92 Å². The number of aliphatic hydroxyl groups is 1. The number of aliphatic hydroxyl groups excluding tert-OH is 1. The Morgan fingerprint density at radius 1 is 1.35 bits per heavy atom. The van der Waals surface area contributed by atoms with E-state index in [0.29, 0.717) is 12.0 Å². The van der Waals surface area contributed by atoms with Crippen molar-refractivity contribution in [3.63, 3.8) is 0 Å². The molecule has 112 valence electrons. The molecule has 0 aromatic heterocycles. The second-order valence-corrected chi connectivity index (χ2v) is 6.81. The maximum absolute atomic E-state index is 12.2. The molecule has 0 saturated carbocycles. The largest absolute Gasteiger partial charge is 0.478 e. The summed E-state index contributed by atoms with van der Waals surface area (Å²) >= 11 is 0. The van der Waals surface area contributed by atoms with Gasteiger partial charge in [0, 0.05) is 0 Å². The Bertz CT molecular complexity index is 607. The molecule has 0 bridgehead atoms. The first-order valence-electron chi connectivity index (χ1n) is 6.14. The van der Waals surface area contributed by atoms with Gasteiger partial charge >= 0.3 is 5.97 Å². The predicted molar refractivity (Wildman–Crippen MR) is 74.3 cm³/mol. The van der Waals surface area contributed by atoms with Crippen molar-refractivity contribution in [1.29, 1.82) is 0 Å². The molecule has 7 heteroatoms. The molecule has 20 heavy (non-hydrogen) atoms. The Labute approximate surface area is 118 Å². The van der Waals surface area contributed by atoms with E-state index in [-0.39, 0.29) is 17.1 Å². The van der Waals surface area contributed by atoms with E-state index in [1.165, 1.54) is 26.0 Å². The summed E-state index contributed by atoms with van der Waals surface area (Å²) in [6, 6.07) is 3.99. The van der Waals surface area contributed by atoms with Gasteiger partial charge in [-0.1, -0.05) is 13.0 Å². The van der Waals surface area contributed by atoms with E-state index in [0.717, 1.165) is 6.07 Å². The summed E-state index contributed by atoms with van der Waals surface area (Å²) in [4.78, 5) is 11.0. The molecule has 0 spiro atoms. The fourth-order valence-electron chi connectivity index (χ4n) is 1.69. The molecule has 3 N–H and O–H groups in total.